The van der Waals surface area contributed by atoms with Gasteiger partial charge in [0.05, 0.1) is 6.61 Å². The van der Waals surface area contributed by atoms with Crippen molar-refractivity contribution >= 4 is 0 Å². The monoisotopic (exact) mass is 201 g/mol. The van der Waals surface area contributed by atoms with Crippen LogP contribution >= 0.6 is 0 Å². The van der Waals surface area contributed by atoms with E-state index in [4.69, 9.17) is 9.84 Å². The molecule has 0 amide bonds. The molecule has 0 unspecified atom stereocenters. The van der Waals surface area contributed by atoms with Gasteiger partial charge in [-0.3, -0.25) is 0 Å². The van der Waals surface area contributed by atoms with Crippen LogP contribution in [0.1, 0.15) is 26.2 Å². The number of aliphatic hydroxyl groups is 1. The second kappa shape index (κ2) is 7.21. The molecule has 0 saturated carbocycles. The van der Waals surface area contributed by atoms with E-state index in [1.807, 2.05) is 0 Å². The van der Waals surface area contributed by atoms with E-state index >= 15 is 0 Å². The molecule has 1 fully saturated rings. The zero-order chi connectivity index (χ0) is 10.2. The van der Waals surface area contributed by atoms with Gasteiger partial charge in [0, 0.05) is 26.3 Å². The van der Waals surface area contributed by atoms with Crippen LogP contribution < -0.4 is 0 Å². The molecule has 0 aromatic carbocycles. The predicted octanol–water partition coefficient (Wildman–Crippen LogP) is 1.12. The summed E-state index contributed by atoms with van der Waals surface area (Å²) in [6.45, 7) is 7.38. The van der Waals surface area contributed by atoms with Gasteiger partial charge in [-0.25, -0.2) is 0 Å². The molecule has 0 spiro atoms. The highest BCUT2D eigenvalue weighted by Crippen LogP contribution is 2.15. The van der Waals surface area contributed by atoms with E-state index in [1.54, 1.807) is 0 Å². The third-order valence-electron chi connectivity index (χ3n) is 2.81. The van der Waals surface area contributed by atoms with Crippen molar-refractivity contribution in [1.82, 2.24) is 4.90 Å². The number of aliphatic hydroxyl groups excluding tert-OH is 1. The summed E-state index contributed by atoms with van der Waals surface area (Å²) in [7, 11) is 0. The van der Waals surface area contributed by atoms with Crippen LogP contribution in [0.2, 0.25) is 0 Å². The molecule has 1 saturated heterocycles. The number of nitrogens with zero attached hydrogens (tertiary/aromatic N) is 1. The Balaban J connectivity index is 2.21. The first kappa shape index (κ1) is 12.0. The van der Waals surface area contributed by atoms with Crippen molar-refractivity contribution in [2.75, 3.05) is 39.5 Å². The van der Waals surface area contributed by atoms with E-state index in [2.05, 4.69) is 11.8 Å². The molecule has 0 aromatic rings. The third kappa shape index (κ3) is 4.40. The average molecular weight is 201 g/mol. The molecule has 0 bridgehead atoms. The normalized spacial score (nSPS) is 19.1. The molecule has 1 rings (SSSR count). The van der Waals surface area contributed by atoms with E-state index in [-0.39, 0.29) is 6.61 Å². The number of rotatable bonds is 6. The molecular formula is C11H23NO2. The highest BCUT2D eigenvalue weighted by molar-refractivity contribution is 4.68. The summed E-state index contributed by atoms with van der Waals surface area (Å²) < 4.78 is 5.33. The quantitative estimate of drug-likeness (QED) is 0.699. The van der Waals surface area contributed by atoms with Crippen molar-refractivity contribution in [2.24, 2.45) is 5.92 Å². The molecule has 0 radical (unpaired) electrons. The summed E-state index contributed by atoms with van der Waals surface area (Å²) in [5.74, 6) is 0.779. The highest BCUT2D eigenvalue weighted by Gasteiger charge is 2.16. The maximum Gasteiger partial charge on any atom is 0.0558 e. The second-order valence-corrected chi connectivity index (χ2v) is 4.08. The van der Waals surface area contributed by atoms with Gasteiger partial charge < -0.3 is 14.7 Å². The van der Waals surface area contributed by atoms with E-state index in [1.165, 1.54) is 19.3 Å². The second-order valence-electron chi connectivity index (χ2n) is 4.08. The van der Waals surface area contributed by atoms with Crippen molar-refractivity contribution < 1.29 is 9.84 Å². The molecule has 1 heterocycles. The SMILES string of the molecule is CCCN(CCO)CC1CCOCC1. The van der Waals surface area contributed by atoms with Crippen molar-refractivity contribution in [3.63, 3.8) is 0 Å². The van der Waals surface area contributed by atoms with Gasteiger partial charge in [0.15, 0.2) is 0 Å². The minimum atomic E-state index is 0.281. The lowest BCUT2D eigenvalue weighted by molar-refractivity contribution is 0.0500. The number of hydrogen-bond acceptors (Lipinski definition) is 3. The lowest BCUT2D eigenvalue weighted by Gasteiger charge is -2.29. The highest BCUT2D eigenvalue weighted by atomic mass is 16.5. The summed E-state index contributed by atoms with van der Waals surface area (Å²) in [6, 6.07) is 0. The van der Waals surface area contributed by atoms with Gasteiger partial charge in [-0.1, -0.05) is 6.92 Å². The van der Waals surface area contributed by atoms with Crippen LogP contribution in [0.4, 0.5) is 0 Å². The Labute approximate surface area is 87.1 Å². The number of hydrogen-bond donors (Lipinski definition) is 1. The Kier molecular flexibility index (Phi) is 6.15. The van der Waals surface area contributed by atoms with Crippen LogP contribution in [0.25, 0.3) is 0 Å². The zero-order valence-corrected chi connectivity index (χ0v) is 9.24. The molecule has 3 nitrogen and oxygen atoms in total. The lowest BCUT2D eigenvalue weighted by Crippen LogP contribution is -2.34. The standard InChI is InChI=1S/C11H23NO2/c1-2-5-12(6-7-13)10-11-3-8-14-9-4-11/h11,13H,2-10H2,1H3. The first-order valence-electron chi connectivity index (χ1n) is 5.77. The Morgan fingerprint density at radius 3 is 2.57 bits per heavy atom. The summed E-state index contributed by atoms with van der Waals surface area (Å²) in [4.78, 5) is 2.37. The Morgan fingerprint density at radius 1 is 1.29 bits per heavy atom. The number of ether oxygens (including phenoxy) is 1. The lowest BCUT2D eigenvalue weighted by atomic mass is 9.99. The molecule has 0 atom stereocenters. The van der Waals surface area contributed by atoms with Crippen LogP contribution in [0.3, 0.4) is 0 Å². The summed E-state index contributed by atoms with van der Waals surface area (Å²) in [6.07, 6.45) is 3.54. The van der Waals surface area contributed by atoms with Crippen LogP contribution in [-0.4, -0.2) is 49.5 Å². The molecule has 0 aliphatic carbocycles. The topological polar surface area (TPSA) is 32.7 Å². The maximum absolute atomic E-state index is 8.93. The van der Waals surface area contributed by atoms with Gasteiger partial charge in [-0.2, -0.15) is 0 Å². The molecule has 0 aromatic heterocycles. The summed E-state index contributed by atoms with van der Waals surface area (Å²) in [5, 5.41) is 8.93. The Morgan fingerprint density at radius 2 is 2.00 bits per heavy atom. The first-order chi connectivity index (χ1) is 6.86. The molecule has 3 heteroatoms. The summed E-state index contributed by atoms with van der Waals surface area (Å²) >= 11 is 0. The molecule has 84 valence electrons. The van der Waals surface area contributed by atoms with Crippen molar-refractivity contribution in [3.8, 4) is 0 Å². The van der Waals surface area contributed by atoms with Crippen LogP contribution in [0.15, 0.2) is 0 Å². The van der Waals surface area contributed by atoms with Gasteiger partial charge in [0.25, 0.3) is 0 Å². The van der Waals surface area contributed by atoms with Crippen LogP contribution in [-0.2, 0) is 4.74 Å². The van der Waals surface area contributed by atoms with E-state index < -0.39 is 0 Å². The van der Waals surface area contributed by atoms with E-state index in [9.17, 15) is 0 Å². The molecule has 14 heavy (non-hydrogen) atoms. The van der Waals surface area contributed by atoms with Crippen LogP contribution in [0.5, 0.6) is 0 Å². The van der Waals surface area contributed by atoms with Gasteiger partial charge in [0.2, 0.25) is 0 Å². The van der Waals surface area contributed by atoms with Gasteiger partial charge >= 0.3 is 0 Å². The predicted molar refractivity (Wildman–Crippen MR) is 57.4 cm³/mol. The fraction of sp³-hybridized carbons (Fsp3) is 1.00. The van der Waals surface area contributed by atoms with Crippen LogP contribution in [0, 0.1) is 5.92 Å². The van der Waals surface area contributed by atoms with E-state index in [0.29, 0.717) is 0 Å². The first-order valence-corrected chi connectivity index (χ1v) is 5.77. The average Bonchev–Trinajstić information content (AvgIpc) is 2.20. The minimum Gasteiger partial charge on any atom is -0.395 e. The molecule has 1 N–H and O–H groups in total. The smallest absolute Gasteiger partial charge is 0.0558 e. The summed E-state index contributed by atoms with van der Waals surface area (Å²) in [5.41, 5.74) is 0. The zero-order valence-electron chi connectivity index (χ0n) is 9.24. The molecular weight excluding hydrogens is 178 g/mol. The van der Waals surface area contributed by atoms with Crippen molar-refractivity contribution in [2.45, 2.75) is 26.2 Å². The minimum absolute atomic E-state index is 0.281. The molecule has 1 aliphatic heterocycles. The van der Waals surface area contributed by atoms with Crippen molar-refractivity contribution in [3.05, 3.63) is 0 Å². The fourth-order valence-corrected chi connectivity index (χ4v) is 2.05. The van der Waals surface area contributed by atoms with Gasteiger partial charge in [-0.05, 0) is 31.7 Å². The van der Waals surface area contributed by atoms with E-state index in [0.717, 1.165) is 38.8 Å². The Bertz CT molecular complexity index is 129. The fourth-order valence-electron chi connectivity index (χ4n) is 2.05. The Hall–Kier alpha value is -0.120. The molecule has 1 aliphatic rings. The third-order valence-corrected chi connectivity index (χ3v) is 2.81. The largest absolute Gasteiger partial charge is 0.395 e. The van der Waals surface area contributed by atoms with Crippen molar-refractivity contribution in [1.29, 1.82) is 0 Å². The maximum atomic E-state index is 8.93. The van der Waals surface area contributed by atoms with Gasteiger partial charge in [-0.15, -0.1) is 0 Å². The van der Waals surface area contributed by atoms with Gasteiger partial charge in [0.1, 0.15) is 0 Å².